The number of rotatable bonds is 3. The van der Waals surface area contributed by atoms with Crippen LogP contribution in [0, 0.1) is 22.9 Å². The minimum atomic E-state index is -0.716. The molecule has 0 aliphatic carbocycles. The highest BCUT2D eigenvalue weighted by atomic mass is 35.5. The van der Waals surface area contributed by atoms with Crippen LogP contribution in [0.4, 0.5) is 15.8 Å². The van der Waals surface area contributed by atoms with E-state index < -0.39 is 16.6 Å². The first-order valence-electron chi connectivity index (χ1n) is 5.90. The molecule has 2 rings (SSSR count). The first kappa shape index (κ1) is 14.9. The van der Waals surface area contributed by atoms with Gasteiger partial charge in [-0.25, -0.2) is 4.39 Å². The summed E-state index contributed by atoms with van der Waals surface area (Å²) in [5.41, 5.74) is 0.214. The number of hydrogen-bond acceptors (Lipinski definition) is 3. The smallest absolute Gasteiger partial charge is 0.288 e. The van der Waals surface area contributed by atoms with Gasteiger partial charge >= 0.3 is 0 Å². The molecule has 0 fully saturated rings. The molecule has 0 spiro atoms. The maximum Gasteiger partial charge on any atom is 0.288 e. The van der Waals surface area contributed by atoms with Gasteiger partial charge in [0.25, 0.3) is 11.6 Å². The monoisotopic (exact) mass is 308 g/mol. The number of aryl methyl sites for hydroxylation is 1. The largest absolute Gasteiger partial charge is 0.319 e. The molecule has 0 atom stereocenters. The Balaban J connectivity index is 2.33. The third-order valence-corrected chi connectivity index (χ3v) is 3.19. The van der Waals surface area contributed by atoms with Crippen molar-refractivity contribution in [3.05, 3.63) is 68.5 Å². The fourth-order valence-corrected chi connectivity index (χ4v) is 2.03. The standard InChI is InChI=1S/C14H10ClFN2O3/c1-8-5-6-11(10(16)7-8)17-14(19)9-3-2-4-12(13(9)15)18(20)21/h2-7H,1H3,(H,17,19). The van der Waals surface area contributed by atoms with Crippen LogP contribution in [0.3, 0.4) is 0 Å². The number of anilines is 1. The Kier molecular flexibility index (Phi) is 4.18. The molecule has 0 unspecified atom stereocenters. The summed E-state index contributed by atoms with van der Waals surface area (Å²) in [6.45, 7) is 1.71. The zero-order valence-electron chi connectivity index (χ0n) is 10.9. The molecule has 0 aliphatic heterocycles. The lowest BCUT2D eigenvalue weighted by Crippen LogP contribution is -2.14. The van der Waals surface area contributed by atoms with Gasteiger partial charge in [-0.15, -0.1) is 0 Å². The highest BCUT2D eigenvalue weighted by Crippen LogP contribution is 2.28. The maximum atomic E-state index is 13.7. The Hall–Kier alpha value is -2.47. The Labute approximate surface area is 124 Å². The molecule has 0 saturated heterocycles. The molecule has 21 heavy (non-hydrogen) atoms. The van der Waals surface area contributed by atoms with E-state index in [1.165, 1.54) is 30.3 Å². The number of carbonyl (C=O) groups is 1. The second-order valence-corrected chi connectivity index (χ2v) is 4.71. The number of halogens is 2. The zero-order chi connectivity index (χ0) is 15.6. The number of hydrogen-bond donors (Lipinski definition) is 1. The van der Waals surface area contributed by atoms with Crippen molar-refractivity contribution in [3.63, 3.8) is 0 Å². The lowest BCUT2D eigenvalue weighted by Gasteiger charge is -2.08. The number of amides is 1. The summed E-state index contributed by atoms with van der Waals surface area (Å²) in [4.78, 5) is 22.1. The Bertz CT molecular complexity index is 734. The van der Waals surface area contributed by atoms with Crippen molar-refractivity contribution in [1.29, 1.82) is 0 Å². The van der Waals surface area contributed by atoms with Gasteiger partial charge in [-0.3, -0.25) is 14.9 Å². The predicted molar refractivity (Wildman–Crippen MR) is 77.2 cm³/mol. The van der Waals surface area contributed by atoms with Crippen molar-refractivity contribution in [2.75, 3.05) is 5.32 Å². The van der Waals surface area contributed by atoms with Crippen molar-refractivity contribution in [3.8, 4) is 0 Å². The van der Waals surface area contributed by atoms with Crippen LogP contribution in [0.1, 0.15) is 15.9 Å². The van der Waals surface area contributed by atoms with Gasteiger partial charge in [0.15, 0.2) is 0 Å². The van der Waals surface area contributed by atoms with E-state index >= 15 is 0 Å². The van der Waals surface area contributed by atoms with Gasteiger partial charge in [0.05, 0.1) is 16.2 Å². The van der Waals surface area contributed by atoms with Gasteiger partial charge in [0.1, 0.15) is 10.8 Å². The summed E-state index contributed by atoms with van der Waals surface area (Å²) in [7, 11) is 0. The van der Waals surface area contributed by atoms with Crippen LogP contribution in [-0.2, 0) is 0 Å². The van der Waals surface area contributed by atoms with E-state index in [-0.39, 0.29) is 22.0 Å². The molecule has 0 bridgehead atoms. The molecule has 7 heteroatoms. The Morgan fingerprint density at radius 2 is 2.05 bits per heavy atom. The fourth-order valence-electron chi connectivity index (χ4n) is 1.75. The predicted octanol–water partition coefficient (Wildman–Crippen LogP) is 3.95. The van der Waals surface area contributed by atoms with Crippen LogP contribution in [0.2, 0.25) is 5.02 Å². The number of carbonyl (C=O) groups excluding carboxylic acids is 1. The minimum Gasteiger partial charge on any atom is -0.319 e. The van der Waals surface area contributed by atoms with E-state index in [9.17, 15) is 19.3 Å². The fraction of sp³-hybridized carbons (Fsp3) is 0.0714. The van der Waals surface area contributed by atoms with Crippen molar-refractivity contribution in [1.82, 2.24) is 0 Å². The van der Waals surface area contributed by atoms with Crippen LogP contribution in [-0.4, -0.2) is 10.8 Å². The van der Waals surface area contributed by atoms with Crippen molar-refractivity contribution in [2.24, 2.45) is 0 Å². The Morgan fingerprint density at radius 1 is 1.33 bits per heavy atom. The highest BCUT2D eigenvalue weighted by Gasteiger charge is 2.20. The second-order valence-electron chi connectivity index (χ2n) is 4.33. The average Bonchev–Trinajstić information content (AvgIpc) is 2.41. The van der Waals surface area contributed by atoms with E-state index in [0.717, 1.165) is 0 Å². The van der Waals surface area contributed by atoms with Gasteiger partial charge < -0.3 is 5.32 Å². The number of nitrogens with zero attached hydrogens (tertiary/aromatic N) is 1. The van der Waals surface area contributed by atoms with Gasteiger partial charge in [-0.1, -0.05) is 23.7 Å². The van der Waals surface area contributed by atoms with Crippen molar-refractivity contribution in [2.45, 2.75) is 6.92 Å². The quantitative estimate of drug-likeness (QED) is 0.689. The highest BCUT2D eigenvalue weighted by molar-refractivity contribution is 6.36. The first-order valence-corrected chi connectivity index (χ1v) is 6.28. The van der Waals surface area contributed by atoms with Crippen molar-refractivity contribution < 1.29 is 14.1 Å². The molecule has 2 aromatic carbocycles. The summed E-state index contributed by atoms with van der Waals surface area (Å²) in [6, 6.07) is 8.17. The molecule has 1 amide bonds. The van der Waals surface area contributed by atoms with Crippen molar-refractivity contribution >= 4 is 28.9 Å². The second kappa shape index (κ2) is 5.88. The van der Waals surface area contributed by atoms with Gasteiger partial charge in [-0.2, -0.15) is 0 Å². The summed E-state index contributed by atoms with van der Waals surface area (Å²) in [5, 5.41) is 12.8. The topological polar surface area (TPSA) is 72.2 Å². The van der Waals surface area contributed by atoms with Gasteiger partial charge in [-0.05, 0) is 30.7 Å². The van der Waals surface area contributed by atoms with E-state index in [0.29, 0.717) is 5.56 Å². The number of benzene rings is 2. The van der Waals surface area contributed by atoms with Crippen LogP contribution in [0.25, 0.3) is 0 Å². The third kappa shape index (κ3) is 3.17. The summed E-state index contributed by atoms with van der Waals surface area (Å²) in [5.74, 6) is -1.31. The third-order valence-electron chi connectivity index (χ3n) is 2.79. The number of nitro groups is 1. The molecule has 0 aromatic heterocycles. The van der Waals surface area contributed by atoms with E-state index in [1.54, 1.807) is 13.0 Å². The van der Waals surface area contributed by atoms with E-state index in [1.807, 2.05) is 0 Å². The summed E-state index contributed by atoms with van der Waals surface area (Å²) >= 11 is 5.83. The summed E-state index contributed by atoms with van der Waals surface area (Å²) < 4.78 is 13.7. The summed E-state index contributed by atoms with van der Waals surface area (Å²) in [6.07, 6.45) is 0. The molecule has 0 saturated carbocycles. The molecule has 1 N–H and O–H groups in total. The number of nitrogens with one attached hydrogen (secondary N) is 1. The molecule has 108 valence electrons. The van der Waals surface area contributed by atoms with E-state index in [4.69, 9.17) is 11.6 Å². The maximum absolute atomic E-state index is 13.7. The van der Waals surface area contributed by atoms with Crippen LogP contribution < -0.4 is 5.32 Å². The van der Waals surface area contributed by atoms with Crippen LogP contribution >= 0.6 is 11.6 Å². The average molecular weight is 309 g/mol. The lowest BCUT2D eigenvalue weighted by atomic mass is 10.1. The molecule has 5 nitrogen and oxygen atoms in total. The molecule has 0 heterocycles. The molecule has 0 radical (unpaired) electrons. The van der Waals surface area contributed by atoms with Crippen LogP contribution in [0.5, 0.6) is 0 Å². The first-order chi connectivity index (χ1) is 9.90. The zero-order valence-corrected chi connectivity index (χ0v) is 11.6. The van der Waals surface area contributed by atoms with E-state index in [2.05, 4.69) is 5.32 Å². The minimum absolute atomic E-state index is 0.0202. The molecule has 0 aliphatic rings. The molecular formula is C14H10ClFN2O3. The number of nitro benzene ring substituents is 1. The van der Waals surface area contributed by atoms with Gasteiger partial charge in [0, 0.05) is 6.07 Å². The van der Waals surface area contributed by atoms with Gasteiger partial charge in [0.2, 0.25) is 0 Å². The normalized spacial score (nSPS) is 10.2. The molecular weight excluding hydrogens is 299 g/mol. The Morgan fingerprint density at radius 3 is 2.67 bits per heavy atom. The SMILES string of the molecule is Cc1ccc(NC(=O)c2cccc([N+](=O)[O-])c2Cl)c(F)c1. The lowest BCUT2D eigenvalue weighted by molar-refractivity contribution is -0.384. The van der Waals surface area contributed by atoms with Crippen LogP contribution in [0.15, 0.2) is 36.4 Å². The molecule has 2 aromatic rings.